The molecule has 0 radical (unpaired) electrons. The van der Waals surface area contributed by atoms with E-state index in [0.717, 1.165) is 6.42 Å². The summed E-state index contributed by atoms with van der Waals surface area (Å²) < 4.78 is 5.15. The van der Waals surface area contributed by atoms with Crippen molar-refractivity contribution in [1.82, 2.24) is 0 Å². The number of carbonyl (C=O) groups excluding carboxylic acids is 1. The van der Waals surface area contributed by atoms with Crippen LogP contribution in [0.4, 0.5) is 5.69 Å². The van der Waals surface area contributed by atoms with E-state index in [2.05, 4.69) is 5.32 Å². The molecule has 0 spiro atoms. The van der Waals surface area contributed by atoms with E-state index in [4.69, 9.17) is 22.1 Å². The van der Waals surface area contributed by atoms with Crippen molar-refractivity contribution in [3.8, 4) is 5.75 Å². The summed E-state index contributed by atoms with van der Waals surface area (Å²) in [7, 11) is 1.55. The number of rotatable bonds is 6. The van der Waals surface area contributed by atoms with Crippen LogP contribution in [0.2, 0.25) is 5.02 Å². The van der Waals surface area contributed by atoms with Gasteiger partial charge in [-0.05, 0) is 37.1 Å². The minimum absolute atomic E-state index is 0.0594. The average molecular weight is 271 g/mol. The van der Waals surface area contributed by atoms with Crippen molar-refractivity contribution in [2.45, 2.75) is 19.8 Å². The molecule has 1 aromatic rings. The molecule has 0 aromatic heterocycles. The minimum Gasteiger partial charge on any atom is -0.495 e. The van der Waals surface area contributed by atoms with Crippen molar-refractivity contribution in [2.75, 3.05) is 19.0 Å². The highest BCUT2D eigenvalue weighted by Crippen LogP contribution is 2.27. The Hall–Kier alpha value is -1.26. The van der Waals surface area contributed by atoms with Crippen molar-refractivity contribution >= 4 is 23.2 Å². The Bertz CT molecular complexity index is 410. The number of carbonyl (C=O) groups is 1. The first kappa shape index (κ1) is 14.8. The number of nitrogens with two attached hydrogens (primary N) is 1. The third-order valence-corrected chi connectivity index (χ3v) is 2.94. The highest BCUT2D eigenvalue weighted by molar-refractivity contribution is 6.31. The highest BCUT2D eigenvalue weighted by Gasteiger charge is 2.09. The van der Waals surface area contributed by atoms with Crippen LogP contribution in [-0.4, -0.2) is 19.6 Å². The third kappa shape index (κ3) is 4.55. The summed E-state index contributed by atoms with van der Waals surface area (Å²) in [6.07, 6.45) is 1.21. The van der Waals surface area contributed by atoms with Gasteiger partial charge in [-0.1, -0.05) is 18.5 Å². The van der Waals surface area contributed by atoms with Crippen molar-refractivity contribution in [2.24, 2.45) is 11.7 Å². The molecule has 3 N–H and O–H groups in total. The lowest BCUT2D eigenvalue weighted by atomic mass is 10.1. The summed E-state index contributed by atoms with van der Waals surface area (Å²) in [6, 6.07) is 5.11. The van der Waals surface area contributed by atoms with Gasteiger partial charge in [-0.15, -0.1) is 0 Å². The zero-order chi connectivity index (χ0) is 13.5. The Morgan fingerprint density at radius 1 is 1.56 bits per heavy atom. The normalized spacial score (nSPS) is 12.0. The predicted molar refractivity (Wildman–Crippen MR) is 74.1 cm³/mol. The molecule has 1 amide bonds. The molecule has 0 heterocycles. The maximum Gasteiger partial charge on any atom is 0.224 e. The van der Waals surface area contributed by atoms with Crippen LogP contribution in [0.5, 0.6) is 5.75 Å². The molecule has 0 aliphatic rings. The quantitative estimate of drug-likeness (QED) is 0.835. The van der Waals surface area contributed by atoms with Crippen LogP contribution in [0.15, 0.2) is 18.2 Å². The average Bonchev–Trinajstić information content (AvgIpc) is 2.36. The van der Waals surface area contributed by atoms with Crippen molar-refractivity contribution in [3.05, 3.63) is 23.2 Å². The van der Waals surface area contributed by atoms with Gasteiger partial charge in [0.05, 0.1) is 12.8 Å². The lowest BCUT2D eigenvalue weighted by Crippen LogP contribution is -2.16. The van der Waals surface area contributed by atoms with Crippen LogP contribution in [0.1, 0.15) is 19.8 Å². The Labute approximate surface area is 112 Å². The van der Waals surface area contributed by atoms with Gasteiger partial charge in [-0.2, -0.15) is 0 Å². The van der Waals surface area contributed by atoms with Gasteiger partial charge < -0.3 is 15.8 Å². The van der Waals surface area contributed by atoms with Gasteiger partial charge in [-0.3, -0.25) is 4.79 Å². The third-order valence-electron chi connectivity index (χ3n) is 2.70. The van der Waals surface area contributed by atoms with Crippen LogP contribution in [0.3, 0.4) is 0 Å². The first-order valence-electron chi connectivity index (χ1n) is 5.90. The second-order valence-electron chi connectivity index (χ2n) is 4.27. The first-order valence-corrected chi connectivity index (χ1v) is 6.28. The van der Waals surface area contributed by atoms with Crippen LogP contribution in [-0.2, 0) is 4.79 Å². The molecular weight excluding hydrogens is 252 g/mol. The summed E-state index contributed by atoms with van der Waals surface area (Å²) in [6.45, 7) is 2.61. The zero-order valence-electron chi connectivity index (χ0n) is 10.7. The van der Waals surface area contributed by atoms with E-state index >= 15 is 0 Å². The maximum atomic E-state index is 11.8. The molecule has 0 saturated heterocycles. The Kier molecular flexibility index (Phi) is 5.95. The molecule has 4 nitrogen and oxygen atoms in total. The van der Waals surface area contributed by atoms with Gasteiger partial charge in [0.2, 0.25) is 5.91 Å². The number of benzene rings is 1. The summed E-state index contributed by atoms with van der Waals surface area (Å²) in [5, 5.41) is 3.35. The van der Waals surface area contributed by atoms with Crippen LogP contribution < -0.4 is 15.8 Å². The van der Waals surface area contributed by atoms with E-state index < -0.39 is 0 Å². The minimum atomic E-state index is -0.0594. The fourth-order valence-electron chi connectivity index (χ4n) is 1.49. The molecule has 1 aromatic carbocycles. The van der Waals surface area contributed by atoms with Crippen molar-refractivity contribution < 1.29 is 9.53 Å². The van der Waals surface area contributed by atoms with E-state index in [0.29, 0.717) is 35.3 Å². The van der Waals surface area contributed by atoms with Crippen molar-refractivity contribution in [3.63, 3.8) is 0 Å². The summed E-state index contributed by atoms with van der Waals surface area (Å²) in [5.74, 6) is 0.882. The fraction of sp³-hybridized carbons (Fsp3) is 0.462. The smallest absolute Gasteiger partial charge is 0.224 e. The molecular formula is C13H19ClN2O2. The summed E-state index contributed by atoms with van der Waals surface area (Å²) in [5.41, 5.74) is 6.10. The molecule has 1 rings (SSSR count). The number of hydrogen-bond acceptors (Lipinski definition) is 3. The lowest BCUT2D eigenvalue weighted by molar-refractivity contribution is -0.116. The van der Waals surface area contributed by atoms with E-state index in [1.165, 1.54) is 0 Å². The Morgan fingerprint density at radius 3 is 2.89 bits per heavy atom. The number of halogens is 1. The summed E-state index contributed by atoms with van der Waals surface area (Å²) >= 11 is 5.88. The van der Waals surface area contributed by atoms with E-state index in [9.17, 15) is 4.79 Å². The fourth-order valence-corrected chi connectivity index (χ4v) is 1.66. The van der Waals surface area contributed by atoms with Crippen LogP contribution >= 0.6 is 11.6 Å². The molecule has 0 aliphatic heterocycles. The topological polar surface area (TPSA) is 64.3 Å². The second-order valence-corrected chi connectivity index (χ2v) is 4.71. The van der Waals surface area contributed by atoms with Gasteiger partial charge in [-0.25, -0.2) is 0 Å². The Morgan fingerprint density at radius 2 is 2.28 bits per heavy atom. The number of hydrogen-bond donors (Lipinski definition) is 2. The monoisotopic (exact) mass is 270 g/mol. The lowest BCUT2D eigenvalue weighted by Gasteiger charge is -2.11. The van der Waals surface area contributed by atoms with Gasteiger partial charge in [0.25, 0.3) is 0 Å². The van der Waals surface area contributed by atoms with Gasteiger partial charge in [0.1, 0.15) is 5.75 Å². The maximum absolute atomic E-state index is 11.8. The van der Waals surface area contributed by atoms with Crippen molar-refractivity contribution in [1.29, 1.82) is 0 Å². The second kappa shape index (κ2) is 7.24. The number of amides is 1. The largest absolute Gasteiger partial charge is 0.495 e. The predicted octanol–water partition coefficient (Wildman–Crippen LogP) is 2.66. The molecule has 0 bridgehead atoms. The zero-order valence-corrected chi connectivity index (χ0v) is 11.5. The van der Waals surface area contributed by atoms with Gasteiger partial charge >= 0.3 is 0 Å². The molecule has 0 saturated carbocycles. The molecule has 0 fully saturated rings. The molecule has 5 heteroatoms. The number of methoxy groups -OCH3 is 1. The number of nitrogens with one attached hydrogen (secondary N) is 1. The standard InChI is InChI=1S/C13H19ClN2O2/c1-9(8-15)3-6-13(17)16-11-7-10(14)4-5-12(11)18-2/h4-5,7,9H,3,6,8,15H2,1-2H3,(H,16,17). The summed E-state index contributed by atoms with van der Waals surface area (Å²) in [4.78, 5) is 11.8. The van der Waals surface area contributed by atoms with Gasteiger partial charge in [0, 0.05) is 11.4 Å². The van der Waals surface area contributed by atoms with Gasteiger partial charge in [0.15, 0.2) is 0 Å². The number of anilines is 1. The Balaban J connectivity index is 2.61. The molecule has 1 unspecified atom stereocenters. The van der Waals surface area contributed by atoms with E-state index in [1.54, 1.807) is 25.3 Å². The van der Waals surface area contributed by atoms with E-state index in [1.807, 2.05) is 6.92 Å². The van der Waals surface area contributed by atoms with E-state index in [-0.39, 0.29) is 5.91 Å². The molecule has 100 valence electrons. The number of ether oxygens (including phenoxy) is 1. The SMILES string of the molecule is COc1ccc(Cl)cc1NC(=O)CCC(C)CN. The molecule has 0 aliphatic carbocycles. The molecule has 1 atom stereocenters. The highest BCUT2D eigenvalue weighted by atomic mass is 35.5. The first-order chi connectivity index (χ1) is 8.56. The van der Waals surface area contributed by atoms with Crippen LogP contribution in [0, 0.1) is 5.92 Å². The van der Waals surface area contributed by atoms with Crippen LogP contribution in [0.25, 0.3) is 0 Å². The molecule has 18 heavy (non-hydrogen) atoms.